The SMILES string of the molecule is CCN1C(=O)C(C)(C)C(=O)N(C)c2cc(OCCCNCc3cccnc3CCN3C(=O)CCc4ccccc43)ccc21. The van der Waals surface area contributed by atoms with Gasteiger partial charge in [0.1, 0.15) is 11.2 Å². The molecule has 2 aliphatic rings. The Morgan fingerprint density at radius 2 is 1.74 bits per heavy atom. The lowest BCUT2D eigenvalue weighted by Gasteiger charge is -2.29. The summed E-state index contributed by atoms with van der Waals surface area (Å²) < 4.78 is 6.03. The first-order valence-corrected chi connectivity index (χ1v) is 15.1. The predicted octanol–water partition coefficient (Wildman–Crippen LogP) is 4.52. The van der Waals surface area contributed by atoms with Crippen molar-refractivity contribution < 1.29 is 19.1 Å². The first-order chi connectivity index (χ1) is 20.7. The summed E-state index contributed by atoms with van der Waals surface area (Å²) in [6.07, 6.45) is 4.63. The van der Waals surface area contributed by atoms with Gasteiger partial charge < -0.3 is 24.8 Å². The van der Waals surface area contributed by atoms with Crippen LogP contribution in [-0.2, 0) is 33.8 Å². The molecule has 0 atom stereocenters. The van der Waals surface area contributed by atoms with Crippen LogP contribution in [0, 0.1) is 5.41 Å². The summed E-state index contributed by atoms with van der Waals surface area (Å²) in [4.78, 5) is 48.6. The minimum absolute atomic E-state index is 0.169. The zero-order valence-electron chi connectivity index (χ0n) is 25.6. The molecule has 2 aromatic carbocycles. The van der Waals surface area contributed by atoms with Crippen LogP contribution in [0.15, 0.2) is 60.8 Å². The summed E-state index contributed by atoms with van der Waals surface area (Å²) in [5, 5.41) is 3.49. The standard InChI is InChI=1S/C34H41N5O4/c1-5-38-29-15-14-26(22-30(29)37(4)32(41)34(2,3)33(38)42)43-21-9-18-35-23-25-11-8-19-36-27(25)17-20-39-28-12-7-6-10-24(28)13-16-31(39)40/h6-8,10-12,14-15,19,22,35H,5,9,13,16-18,20-21,23H2,1-4H3. The van der Waals surface area contributed by atoms with E-state index in [4.69, 9.17) is 4.74 Å². The third kappa shape index (κ3) is 6.27. The Morgan fingerprint density at radius 1 is 0.930 bits per heavy atom. The van der Waals surface area contributed by atoms with E-state index in [2.05, 4.69) is 22.4 Å². The number of fused-ring (bicyclic) bond motifs is 2. The number of rotatable bonds is 11. The number of amides is 3. The van der Waals surface area contributed by atoms with Crippen molar-refractivity contribution in [3.05, 3.63) is 77.6 Å². The number of hydrogen-bond acceptors (Lipinski definition) is 6. The number of aromatic nitrogens is 1. The summed E-state index contributed by atoms with van der Waals surface area (Å²) >= 11 is 0. The Kier molecular flexibility index (Phi) is 9.11. The molecule has 2 aliphatic heterocycles. The number of nitrogens with one attached hydrogen (secondary N) is 1. The zero-order chi connectivity index (χ0) is 30.6. The minimum atomic E-state index is -1.14. The molecule has 9 heteroatoms. The number of benzene rings is 2. The van der Waals surface area contributed by atoms with E-state index in [0.717, 1.165) is 36.3 Å². The summed E-state index contributed by atoms with van der Waals surface area (Å²) in [5.74, 6) is 0.387. The topological polar surface area (TPSA) is 95.1 Å². The van der Waals surface area contributed by atoms with E-state index in [1.807, 2.05) is 54.3 Å². The van der Waals surface area contributed by atoms with Crippen molar-refractivity contribution >= 4 is 34.8 Å². The summed E-state index contributed by atoms with van der Waals surface area (Å²) in [5.41, 5.74) is 4.60. The van der Waals surface area contributed by atoms with Gasteiger partial charge in [-0.05, 0) is 75.5 Å². The number of anilines is 3. The number of ether oxygens (including phenoxy) is 1. The molecule has 5 rings (SSSR count). The van der Waals surface area contributed by atoms with E-state index in [9.17, 15) is 14.4 Å². The highest BCUT2D eigenvalue weighted by Gasteiger charge is 2.45. The highest BCUT2D eigenvalue weighted by molar-refractivity contribution is 6.20. The van der Waals surface area contributed by atoms with Crippen molar-refractivity contribution in [2.24, 2.45) is 5.41 Å². The molecule has 0 spiro atoms. The maximum Gasteiger partial charge on any atom is 0.242 e. The molecular weight excluding hydrogens is 542 g/mol. The molecule has 43 heavy (non-hydrogen) atoms. The van der Waals surface area contributed by atoms with Crippen LogP contribution in [0.25, 0.3) is 0 Å². The van der Waals surface area contributed by atoms with Gasteiger partial charge in [0, 0.05) is 63.2 Å². The van der Waals surface area contributed by atoms with Gasteiger partial charge in [0.05, 0.1) is 18.0 Å². The lowest BCUT2D eigenvalue weighted by molar-refractivity contribution is -0.137. The number of pyridine rings is 1. The summed E-state index contributed by atoms with van der Waals surface area (Å²) in [6, 6.07) is 17.7. The van der Waals surface area contributed by atoms with Gasteiger partial charge in [0.25, 0.3) is 0 Å². The summed E-state index contributed by atoms with van der Waals surface area (Å²) in [6.45, 7) is 8.28. The van der Waals surface area contributed by atoms with Crippen molar-refractivity contribution in [2.45, 2.75) is 53.0 Å². The number of hydrogen-bond donors (Lipinski definition) is 1. The first-order valence-electron chi connectivity index (χ1n) is 15.1. The molecule has 0 fully saturated rings. The molecule has 226 valence electrons. The van der Waals surface area contributed by atoms with Crippen LogP contribution < -0.4 is 24.8 Å². The molecule has 0 saturated heterocycles. The van der Waals surface area contributed by atoms with Crippen molar-refractivity contribution in [2.75, 3.05) is 48.0 Å². The molecule has 0 radical (unpaired) electrons. The molecule has 3 amide bonds. The van der Waals surface area contributed by atoms with Gasteiger partial charge >= 0.3 is 0 Å². The smallest absolute Gasteiger partial charge is 0.242 e. The summed E-state index contributed by atoms with van der Waals surface area (Å²) in [7, 11) is 1.71. The van der Waals surface area contributed by atoms with Crippen LogP contribution in [0.1, 0.15) is 50.4 Å². The van der Waals surface area contributed by atoms with Gasteiger partial charge in [-0.3, -0.25) is 19.4 Å². The van der Waals surface area contributed by atoms with Crippen molar-refractivity contribution in [3.8, 4) is 5.75 Å². The lowest BCUT2D eigenvalue weighted by atomic mass is 9.90. The Labute approximate surface area is 253 Å². The third-order valence-corrected chi connectivity index (χ3v) is 8.36. The molecule has 0 saturated carbocycles. The highest BCUT2D eigenvalue weighted by atomic mass is 16.5. The molecule has 1 aromatic heterocycles. The van der Waals surface area contributed by atoms with Gasteiger partial charge in [0.15, 0.2) is 0 Å². The van der Waals surface area contributed by atoms with Gasteiger partial charge in [0.2, 0.25) is 17.7 Å². The van der Waals surface area contributed by atoms with E-state index < -0.39 is 5.41 Å². The van der Waals surface area contributed by atoms with E-state index in [1.165, 1.54) is 5.56 Å². The Balaban J connectivity index is 1.13. The molecule has 9 nitrogen and oxygen atoms in total. The molecule has 3 aromatic rings. The van der Waals surface area contributed by atoms with Gasteiger partial charge in [-0.2, -0.15) is 0 Å². The van der Waals surface area contributed by atoms with Crippen molar-refractivity contribution in [1.82, 2.24) is 10.3 Å². The van der Waals surface area contributed by atoms with Crippen molar-refractivity contribution in [1.29, 1.82) is 0 Å². The van der Waals surface area contributed by atoms with Crippen LogP contribution in [-0.4, -0.2) is 56.0 Å². The Bertz CT molecular complexity index is 1500. The van der Waals surface area contributed by atoms with Crippen LogP contribution in [0.5, 0.6) is 5.75 Å². The normalized spacial score (nSPS) is 16.2. The van der Waals surface area contributed by atoms with E-state index in [-0.39, 0.29) is 17.7 Å². The van der Waals surface area contributed by atoms with Crippen LogP contribution in [0.4, 0.5) is 17.1 Å². The number of aryl methyl sites for hydroxylation is 1. The second-order valence-corrected chi connectivity index (χ2v) is 11.6. The Morgan fingerprint density at radius 3 is 2.56 bits per heavy atom. The lowest BCUT2D eigenvalue weighted by Crippen LogP contribution is -2.47. The molecule has 0 unspecified atom stereocenters. The number of nitrogens with zero attached hydrogens (tertiary/aromatic N) is 4. The first kappa shape index (κ1) is 30.2. The number of carbonyl (C=O) groups is 3. The number of carbonyl (C=O) groups excluding carboxylic acids is 3. The maximum absolute atomic E-state index is 13.1. The average molecular weight is 584 g/mol. The fourth-order valence-corrected chi connectivity index (χ4v) is 5.90. The van der Waals surface area contributed by atoms with Gasteiger partial charge in [-0.25, -0.2) is 0 Å². The average Bonchev–Trinajstić information content (AvgIpc) is 3.07. The second-order valence-electron chi connectivity index (χ2n) is 11.6. The second kappa shape index (κ2) is 13.0. The largest absolute Gasteiger partial charge is 0.493 e. The van der Waals surface area contributed by atoms with Crippen LogP contribution in [0.2, 0.25) is 0 Å². The molecular formula is C34H41N5O4. The fourth-order valence-electron chi connectivity index (χ4n) is 5.90. The van der Waals surface area contributed by atoms with E-state index in [0.29, 0.717) is 56.2 Å². The van der Waals surface area contributed by atoms with Gasteiger partial charge in [-0.15, -0.1) is 0 Å². The van der Waals surface area contributed by atoms with E-state index >= 15 is 0 Å². The Hall–Kier alpha value is -4.24. The van der Waals surface area contributed by atoms with Crippen LogP contribution >= 0.6 is 0 Å². The molecule has 0 bridgehead atoms. The third-order valence-electron chi connectivity index (χ3n) is 8.36. The molecule has 3 heterocycles. The maximum atomic E-state index is 13.1. The quantitative estimate of drug-likeness (QED) is 0.264. The number of para-hydroxylation sites is 1. The highest BCUT2D eigenvalue weighted by Crippen LogP contribution is 2.40. The monoisotopic (exact) mass is 583 g/mol. The zero-order valence-corrected chi connectivity index (χ0v) is 25.6. The predicted molar refractivity (Wildman–Crippen MR) is 169 cm³/mol. The molecule has 0 aliphatic carbocycles. The van der Waals surface area contributed by atoms with Crippen LogP contribution in [0.3, 0.4) is 0 Å². The van der Waals surface area contributed by atoms with Gasteiger partial charge in [-0.1, -0.05) is 24.3 Å². The molecule has 1 N–H and O–H groups in total. The van der Waals surface area contributed by atoms with Crippen molar-refractivity contribution in [3.63, 3.8) is 0 Å². The minimum Gasteiger partial charge on any atom is -0.493 e. The fraction of sp³-hybridized carbons (Fsp3) is 0.412. The van der Waals surface area contributed by atoms with E-state index in [1.54, 1.807) is 36.9 Å².